The number of fused-ring (bicyclic) bond motifs is 1. The van der Waals surface area contributed by atoms with Gasteiger partial charge in [0.2, 0.25) is 15.9 Å². The normalized spacial score (nSPS) is 18.4. The van der Waals surface area contributed by atoms with Gasteiger partial charge in [-0.25, -0.2) is 8.42 Å². The summed E-state index contributed by atoms with van der Waals surface area (Å²) in [6.45, 7) is 11.1. The summed E-state index contributed by atoms with van der Waals surface area (Å²) >= 11 is 0. The van der Waals surface area contributed by atoms with Crippen molar-refractivity contribution in [1.82, 2.24) is 24.3 Å². The maximum absolute atomic E-state index is 13.1. The van der Waals surface area contributed by atoms with Gasteiger partial charge in [-0.3, -0.25) is 14.3 Å². The molecule has 0 spiro atoms. The topological polar surface area (TPSA) is 143 Å². The highest BCUT2D eigenvalue weighted by atomic mass is 32.2. The first kappa shape index (κ1) is 33.1. The SMILES string of the molecule is CCc1nn(CC(C)(C)COC(O)c2ccc(S(=O)(=O)N3CCN(C(C)=O)CC3)cc2)c2c1C(=O)NCCCOCCC2. The van der Waals surface area contributed by atoms with Gasteiger partial charge in [-0.05, 0) is 37.8 Å². The molecule has 2 amide bonds. The molecule has 2 aliphatic heterocycles. The molecule has 1 atom stereocenters. The number of rotatable bonds is 9. The quantitative estimate of drug-likeness (QED) is 0.407. The van der Waals surface area contributed by atoms with Crippen molar-refractivity contribution >= 4 is 21.8 Å². The molecule has 4 rings (SSSR count). The fraction of sp³-hybridized carbons (Fsp3) is 0.633. The number of amides is 2. The van der Waals surface area contributed by atoms with Crippen LogP contribution in [0, 0.1) is 5.41 Å². The predicted molar refractivity (Wildman–Crippen MR) is 160 cm³/mol. The Morgan fingerprint density at radius 1 is 1.14 bits per heavy atom. The summed E-state index contributed by atoms with van der Waals surface area (Å²) < 4.78 is 41.0. The minimum Gasteiger partial charge on any atom is -0.381 e. The lowest BCUT2D eigenvalue weighted by atomic mass is 9.94. The van der Waals surface area contributed by atoms with Crippen LogP contribution in [0.25, 0.3) is 0 Å². The van der Waals surface area contributed by atoms with E-state index in [-0.39, 0.29) is 36.4 Å². The van der Waals surface area contributed by atoms with Crippen molar-refractivity contribution in [2.45, 2.75) is 71.1 Å². The first-order valence-corrected chi connectivity index (χ1v) is 16.5. The molecule has 238 valence electrons. The van der Waals surface area contributed by atoms with E-state index in [1.807, 2.05) is 25.5 Å². The zero-order valence-corrected chi connectivity index (χ0v) is 26.5. The fourth-order valence-corrected chi connectivity index (χ4v) is 6.83. The molecule has 1 saturated heterocycles. The zero-order valence-electron chi connectivity index (χ0n) is 25.7. The number of aromatic nitrogens is 2. The molecule has 1 unspecified atom stereocenters. The highest BCUT2D eigenvalue weighted by Crippen LogP contribution is 2.27. The van der Waals surface area contributed by atoms with Crippen molar-refractivity contribution in [2.75, 3.05) is 52.5 Å². The Morgan fingerprint density at radius 3 is 2.47 bits per heavy atom. The second-order valence-corrected chi connectivity index (χ2v) is 13.8. The third-order valence-corrected chi connectivity index (χ3v) is 9.75. The fourth-order valence-electron chi connectivity index (χ4n) is 5.40. The first-order valence-electron chi connectivity index (χ1n) is 15.0. The van der Waals surface area contributed by atoms with Crippen molar-refractivity contribution in [2.24, 2.45) is 5.41 Å². The molecular weight excluding hydrogens is 574 g/mol. The molecule has 0 aliphatic carbocycles. The van der Waals surface area contributed by atoms with Gasteiger partial charge >= 0.3 is 0 Å². The average molecular weight is 620 g/mol. The van der Waals surface area contributed by atoms with Gasteiger partial charge in [0.25, 0.3) is 5.91 Å². The van der Waals surface area contributed by atoms with Crippen LogP contribution < -0.4 is 5.32 Å². The highest BCUT2D eigenvalue weighted by molar-refractivity contribution is 7.89. The van der Waals surface area contributed by atoms with Crippen molar-refractivity contribution in [1.29, 1.82) is 0 Å². The van der Waals surface area contributed by atoms with Crippen LogP contribution in [0.1, 0.15) is 74.1 Å². The van der Waals surface area contributed by atoms with Gasteiger partial charge in [0.05, 0.1) is 28.5 Å². The Morgan fingerprint density at radius 2 is 1.81 bits per heavy atom. The Kier molecular flexibility index (Phi) is 11.0. The minimum atomic E-state index is -3.72. The predicted octanol–water partition coefficient (Wildman–Crippen LogP) is 2.11. The van der Waals surface area contributed by atoms with Crippen molar-refractivity contribution in [3.8, 4) is 0 Å². The largest absolute Gasteiger partial charge is 0.381 e. The maximum atomic E-state index is 13.1. The number of aryl methyl sites for hydroxylation is 1. The number of nitrogens with zero attached hydrogens (tertiary/aromatic N) is 4. The van der Waals surface area contributed by atoms with E-state index in [1.165, 1.54) is 23.4 Å². The highest BCUT2D eigenvalue weighted by Gasteiger charge is 2.30. The summed E-state index contributed by atoms with van der Waals surface area (Å²) in [5.41, 5.74) is 2.29. The lowest BCUT2D eigenvalue weighted by molar-refractivity contribution is -0.130. The van der Waals surface area contributed by atoms with Crippen LogP contribution in [0.15, 0.2) is 29.2 Å². The van der Waals surface area contributed by atoms with E-state index in [4.69, 9.17) is 14.6 Å². The first-order chi connectivity index (χ1) is 20.4. The zero-order chi connectivity index (χ0) is 31.2. The van der Waals surface area contributed by atoms with Crippen LogP contribution in [-0.2, 0) is 43.7 Å². The van der Waals surface area contributed by atoms with Gasteiger partial charge in [-0.1, -0.05) is 32.9 Å². The molecule has 1 aromatic heterocycles. The lowest BCUT2D eigenvalue weighted by Gasteiger charge is -2.33. The number of aliphatic hydroxyl groups is 1. The number of benzene rings is 1. The molecular formula is C30H45N5O7S. The van der Waals surface area contributed by atoms with Crippen LogP contribution in [0.5, 0.6) is 0 Å². The van der Waals surface area contributed by atoms with Crippen molar-refractivity contribution < 1.29 is 32.6 Å². The van der Waals surface area contributed by atoms with Crippen LogP contribution in [-0.4, -0.2) is 96.9 Å². The molecule has 3 heterocycles. The minimum absolute atomic E-state index is 0.0669. The Balaban J connectivity index is 1.40. The third kappa shape index (κ3) is 8.21. The second kappa shape index (κ2) is 14.3. The van der Waals surface area contributed by atoms with E-state index in [2.05, 4.69) is 5.32 Å². The van der Waals surface area contributed by atoms with Crippen molar-refractivity contribution in [3.63, 3.8) is 0 Å². The number of carbonyl (C=O) groups excluding carboxylic acids is 2. The Labute approximate surface area is 254 Å². The van der Waals surface area contributed by atoms with Crippen LogP contribution in [0.4, 0.5) is 0 Å². The van der Waals surface area contributed by atoms with E-state index < -0.39 is 21.7 Å². The van der Waals surface area contributed by atoms with E-state index in [1.54, 1.807) is 17.0 Å². The van der Waals surface area contributed by atoms with Crippen LogP contribution in [0.2, 0.25) is 0 Å². The molecule has 2 aromatic rings. The molecule has 12 nitrogen and oxygen atoms in total. The number of carbonyl (C=O) groups is 2. The summed E-state index contributed by atoms with van der Waals surface area (Å²) in [6, 6.07) is 6.04. The van der Waals surface area contributed by atoms with E-state index >= 15 is 0 Å². The molecule has 1 aromatic carbocycles. The smallest absolute Gasteiger partial charge is 0.255 e. The summed E-state index contributed by atoms with van der Waals surface area (Å²) in [4.78, 5) is 26.4. The molecule has 2 aliphatic rings. The Bertz CT molecular complexity index is 1370. The molecule has 13 heteroatoms. The van der Waals surface area contributed by atoms with E-state index in [0.717, 1.165) is 24.2 Å². The maximum Gasteiger partial charge on any atom is 0.255 e. The van der Waals surface area contributed by atoms with Gasteiger partial charge in [-0.2, -0.15) is 9.40 Å². The van der Waals surface area contributed by atoms with Crippen molar-refractivity contribution in [3.05, 3.63) is 46.8 Å². The molecule has 1 fully saturated rings. The Hall–Kier alpha value is -2.84. The number of hydrogen-bond acceptors (Lipinski definition) is 8. The van der Waals surface area contributed by atoms with Gasteiger partial charge < -0.3 is 24.8 Å². The van der Waals surface area contributed by atoms with Gasteiger partial charge in [-0.15, -0.1) is 0 Å². The lowest BCUT2D eigenvalue weighted by Crippen LogP contribution is -2.49. The molecule has 0 radical (unpaired) electrons. The van der Waals surface area contributed by atoms with Gasteiger partial charge in [0.15, 0.2) is 6.29 Å². The molecule has 2 N–H and O–H groups in total. The van der Waals surface area contributed by atoms with Gasteiger partial charge in [0, 0.05) is 70.4 Å². The number of hydrogen-bond donors (Lipinski definition) is 2. The molecule has 43 heavy (non-hydrogen) atoms. The second-order valence-electron chi connectivity index (χ2n) is 11.9. The third-order valence-electron chi connectivity index (χ3n) is 7.84. The summed E-state index contributed by atoms with van der Waals surface area (Å²) in [5.74, 6) is -0.170. The van der Waals surface area contributed by atoms with E-state index in [9.17, 15) is 23.1 Å². The summed E-state index contributed by atoms with van der Waals surface area (Å²) in [7, 11) is -3.72. The summed E-state index contributed by atoms with van der Waals surface area (Å²) in [5, 5.41) is 18.6. The number of piperazine rings is 1. The van der Waals surface area contributed by atoms with Crippen LogP contribution in [0.3, 0.4) is 0 Å². The average Bonchev–Trinajstić information content (AvgIpc) is 3.31. The number of nitrogens with one attached hydrogen (secondary N) is 1. The molecule has 0 saturated carbocycles. The monoisotopic (exact) mass is 619 g/mol. The number of aliphatic hydroxyl groups excluding tert-OH is 1. The summed E-state index contributed by atoms with van der Waals surface area (Å²) in [6.07, 6.45) is 1.59. The van der Waals surface area contributed by atoms with E-state index in [0.29, 0.717) is 63.4 Å². The standard InChI is InChI=1S/C30H45N5O7S/c1-5-25-27-26(8-6-18-41-19-7-13-31-28(27)37)35(32-25)20-30(3,4)21-42-29(38)23-9-11-24(12-10-23)43(39,40)34-16-14-33(15-17-34)22(2)36/h9-12,29,38H,5-8,13-21H2,1-4H3,(H,31,37). The number of ether oxygens (including phenoxy) is 2. The van der Waals surface area contributed by atoms with Gasteiger partial charge in [0.1, 0.15) is 0 Å². The molecule has 0 bridgehead atoms. The number of sulfonamides is 1. The van der Waals surface area contributed by atoms with Crippen LogP contribution >= 0.6 is 0 Å².